The van der Waals surface area contributed by atoms with Gasteiger partial charge in [0, 0.05) is 5.39 Å². The Labute approximate surface area is 84.1 Å². The Morgan fingerprint density at radius 3 is 2.79 bits per heavy atom. The van der Waals surface area contributed by atoms with E-state index >= 15 is 0 Å². The summed E-state index contributed by atoms with van der Waals surface area (Å²) in [6.07, 6.45) is 0. The van der Waals surface area contributed by atoms with Crippen molar-refractivity contribution in [3.05, 3.63) is 18.2 Å². The minimum absolute atomic E-state index is 0.171. The lowest BCUT2D eigenvalue weighted by Gasteiger charge is -1.95. The quantitative estimate of drug-likeness (QED) is 0.716. The van der Waals surface area contributed by atoms with Crippen LogP contribution in [0.5, 0.6) is 0 Å². The highest BCUT2D eigenvalue weighted by molar-refractivity contribution is 7.85. The summed E-state index contributed by atoms with van der Waals surface area (Å²) >= 11 is 1.09. The number of anilines is 1. The number of benzene rings is 1. The minimum atomic E-state index is -4.16. The highest BCUT2D eigenvalue weighted by Crippen LogP contribution is 2.26. The largest absolute Gasteiger partial charge is 0.389 e. The zero-order valence-corrected chi connectivity index (χ0v) is 8.47. The van der Waals surface area contributed by atoms with E-state index < -0.39 is 10.1 Å². The Bertz CT molecular complexity index is 588. The normalized spacial score (nSPS) is 12.1. The molecule has 2 aromatic rings. The highest BCUT2D eigenvalue weighted by Gasteiger charge is 2.11. The number of aromatic nitrogens is 1. The van der Waals surface area contributed by atoms with E-state index in [2.05, 4.69) is 4.37 Å². The van der Waals surface area contributed by atoms with Gasteiger partial charge in [0.15, 0.2) is 0 Å². The Hall–Kier alpha value is -1.18. The molecule has 0 bridgehead atoms. The molecule has 0 aliphatic rings. The average Bonchev–Trinajstić information content (AvgIpc) is 2.46. The van der Waals surface area contributed by atoms with Gasteiger partial charge in [-0.15, -0.1) is 0 Å². The first-order chi connectivity index (χ1) is 6.48. The Kier molecular flexibility index (Phi) is 1.95. The van der Waals surface area contributed by atoms with Gasteiger partial charge in [-0.3, -0.25) is 4.55 Å². The van der Waals surface area contributed by atoms with Crippen molar-refractivity contribution in [3.8, 4) is 0 Å². The highest BCUT2D eigenvalue weighted by atomic mass is 32.2. The molecule has 0 saturated carbocycles. The summed E-state index contributed by atoms with van der Waals surface area (Å²) in [5, 5.41) is 1.23. The summed E-state index contributed by atoms with van der Waals surface area (Å²) in [5.41, 5.74) is 6.05. The molecule has 0 spiro atoms. The van der Waals surface area contributed by atoms with Crippen LogP contribution >= 0.6 is 11.5 Å². The van der Waals surface area contributed by atoms with Gasteiger partial charge in [-0.2, -0.15) is 12.8 Å². The Morgan fingerprint density at radius 2 is 2.14 bits per heavy atom. The number of rotatable bonds is 1. The molecule has 0 aliphatic heterocycles. The molecule has 74 valence electrons. The Balaban J connectivity index is 2.76. The topological polar surface area (TPSA) is 93.3 Å². The van der Waals surface area contributed by atoms with E-state index in [0.717, 1.165) is 11.5 Å². The maximum absolute atomic E-state index is 10.8. The molecule has 0 amide bonds. The number of nitrogen functional groups attached to an aromatic ring is 1. The number of fused-ring (bicyclic) bond motifs is 1. The molecule has 0 aliphatic carbocycles. The van der Waals surface area contributed by atoms with Crippen LogP contribution in [0.15, 0.2) is 23.1 Å². The smallest absolute Gasteiger partial charge is 0.294 e. The first kappa shape index (κ1) is 9.38. The molecule has 1 heterocycles. The van der Waals surface area contributed by atoms with E-state index in [0.29, 0.717) is 15.9 Å². The van der Waals surface area contributed by atoms with Crippen LogP contribution in [0.1, 0.15) is 0 Å². The molecule has 0 radical (unpaired) electrons. The molecule has 0 unspecified atom stereocenters. The summed E-state index contributed by atoms with van der Waals surface area (Å²) in [5.74, 6) is 0. The zero-order valence-electron chi connectivity index (χ0n) is 6.84. The van der Waals surface area contributed by atoms with Gasteiger partial charge in [0.05, 0.1) is 10.4 Å². The monoisotopic (exact) mass is 230 g/mol. The number of hydrogen-bond donors (Lipinski definition) is 2. The second kappa shape index (κ2) is 2.91. The fourth-order valence-electron chi connectivity index (χ4n) is 1.10. The van der Waals surface area contributed by atoms with Crippen LogP contribution < -0.4 is 5.73 Å². The third-order valence-corrected chi connectivity index (χ3v) is 3.33. The van der Waals surface area contributed by atoms with Gasteiger partial charge in [-0.05, 0) is 29.7 Å². The predicted octanol–water partition coefficient (Wildman–Crippen LogP) is 1.13. The van der Waals surface area contributed by atoms with Crippen molar-refractivity contribution in [2.45, 2.75) is 4.90 Å². The van der Waals surface area contributed by atoms with Gasteiger partial charge < -0.3 is 5.73 Å². The second-order valence-electron chi connectivity index (χ2n) is 2.70. The van der Waals surface area contributed by atoms with Crippen LogP contribution in [-0.2, 0) is 10.1 Å². The van der Waals surface area contributed by atoms with Crippen molar-refractivity contribution in [2.75, 3.05) is 5.73 Å². The molecule has 1 aromatic carbocycles. The molecule has 2 rings (SSSR count). The van der Waals surface area contributed by atoms with Crippen molar-refractivity contribution in [1.29, 1.82) is 0 Å². The molecule has 7 heteroatoms. The summed E-state index contributed by atoms with van der Waals surface area (Å²) in [6, 6.07) is 4.11. The minimum Gasteiger partial charge on any atom is -0.389 e. The van der Waals surface area contributed by atoms with Gasteiger partial charge in [0.2, 0.25) is 0 Å². The van der Waals surface area contributed by atoms with Crippen LogP contribution in [0.4, 0.5) is 5.00 Å². The first-order valence-electron chi connectivity index (χ1n) is 3.61. The van der Waals surface area contributed by atoms with E-state index in [-0.39, 0.29) is 4.90 Å². The van der Waals surface area contributed by atoms with E-state index in [9.17, 15) is 8.42 Å². The lowest BCUT2D eigenvalue weighted by atomic mass is 10.2. The van der Waals surface area contributed by atoms with Gasteiger partial charge in [-0.25, -0.2) is 0 Å². The van der Waals surface area contributed by atoms with Crippen LogP contribution in [-0.4, -0.2) is 17.3 Å². The van der Waals surface area contributed by atoms with Crippen LogP contribution in [0.2, 0.25) is 0 Å². The van der Waals surface area contributed by atoms with E-state index in [1.807, 2.05) is 0 Å². The summed E-state index contributed by atoms with van der Waals surface area (Å²) in [7, 11) is -4.16. The van der Waals surface area contributed by atoms with Crippen molar-refractivity contribution in [2.24, 2.45) is 0 Å². The second-order valence-corrected chi connectivity index (χ2v) is 4.93. The first-order valence-corrected chi connectivity index (χ1v) is 5.82. The molecule has 1 aromatic heterocycles. The summed E-state index contributed by atoms with van der Waals surface area (Å²) < 4.78 is 34.3. The van der Waals surface area contributed by atoms with Crippen molar-refractivity contribution in [1.82, 2.24) is 4.37 Å². The van der Waals surface area contributed by atoms with Gasteiger partial charge in [0.1, 0.15) is 5.00 Å². The average molecular weight is 230 g/mol. The van der Waals surface area contributed by atoms with Gasteiger partial charge in [-0.1, -0.05) is 0 Å². The predicted molar refractivity (Wildman–Crippen MR) is 53.8 cm³/mol. The molecule has 14 heavy (non-hydrogen) atoms. The molecular weight excluding hydrogens is 224 g/mol. The third kappa shape index (κ3) is 1.45. The maximum Gasteiger partial charge on any atom is 0.294 e. The van der Waals surface area contributed by atoms with Crippen molar-refractivity contribution in [3.63, 3.8) is 0 Å². The van der Waals surface area contributed by atoms with Crippen LogP contribution in [0, 0.1) is 0 Å². The van der Waals surface area contributed by atoms with E-state index in [1.54, 1.807) is 0 Å². The molecular formula is C7H6N2O3S2. The lowest BCUT2D eigenvalue weighted by Crippen LogP contribution is -1.97. The molecule has 5 nitrogen and oxygen atoms in total. The summed E-state index contributed by atoms with van der Waals surface area (Å²) in [6.45, 7) is 0. The lowest BCUT2D eigenvalue weighted by molar-refractivity contribution is 0.483. The number of nitrogens with zero attached hydrogens (tertiary/aromatic N) is 1. The zero-order chi connectivity index (χ0) is 10.3. The fraction of sp³-hybridized carbons (Fsp3) is 0. The SMILES string of the molecule is Nc1snc2cc(S(=O)(=O)O)ccc12. The third-order valence-electron chi connectivity index (χ3n) is 1.77. The van der Waals surface area contributed by atoms with Crippen LogP contribution in [0.25, 0.3) is 10.9 Å². The molecule has 3 N–H and O–H groups in total. The van der Waals surface area contributed by atoms with E-state index in [4.69, 9.17) is 10.3 Å². The van der Waals surface area contributed by atoms with E-state index in [1.165, 1.54) is 18.2 Å². The number of nitrogens with two attached hydrogens (primary N) is 1. The molecule has 0 atom stereocenters. The Morgan fingerprint density at radius 1 is 1.43 bits per heavy atom. The van der Waals surface area contributed by atoms with Crippen molar-refractivity contribution >= 4 is 37.6 Å². The summed E-state index contributed by atoms with van der Waals surface area (Å²) in [4.78, 5) is -0.171. The maximum atomic E-state index is 10.8. The van der Waals surface area contributed by atoms with Crippen LogP contribution in [0.3, 0.4) is 0 Å². The van der Waals surface area contributed by atoms with Gasteiger partial charge >= 0.3 is 0 Å². The van der Waals surface area contributed by atoms with Gasteiger partial charge in [0.25, 0.3) is 10.1 Å². The fourth-order valence-corrected chi connectivity index (χ4v) is 2.22. The van der Waals surface area contributed by atoms with Crippen molar-refractivity contribution < 1.29 is 13.0 Å². The number of hydrogen-bond acceptors (Lipinski definition) is 5. The molecule has 0 fully saturated rings. The molecule has 0 saturated heterocycles. The standard InChI is InChI=1S/C7H6N2O3S2/c8-7-5-2-1-4(14(10,11)12)3-6(5)9-13-7/h1-3H,8H2,(H,10,11,12).